The summed E-state index contributed by atoms with van der Waals surface area (Å²) >= 11 is 2.90. The minimum absolute atomic E-state index is 0.269. The minimum atomic E-state index is -0.284. The Labute approximate surface area is 119 Å². The van der Waals surface area contributed by atoms with Crippen LogP contribution in [-0.2, 0) is 5.75 Å². The molecule has 2 aromatic rings. The monoisotopic (exact) mass is 293 g/mol. The van der Waals surface area contributed by atoms with Gasteiger partial charge in [-0.15, -0.1) is 0 Å². The molecule has 0 bridgehead atoms. The fourth-order valence-electron chi connectivity index (χ4n) is 1.44. The van der Waals surface area contributed by atoms with Crippen LogP contribution in [-0.4, -0.2) is 15.9 Å². The number of halogens is 1. The highest BCUT2D eigenvalue weighted by atomic mass is 32.2. The first-order chi connectivity index (χ1) is 9.17. The summed E-state index contributed by atoms with van der Waals surface area (Å²) in [5, 5.41) is 0. The van der Waals surface area contributed by atoms with Gasteiger partial charge in [-0.25, -0.2) is 9.37 Å². The van der Waals surface area contributed by atoms with Crippen molar-refractivity contribution in [3.05, 3.63) is 41.0 Å². The van der Waals surface area contributed by atoms with Crippen LogP contribution in [0.3, 0.4) is 0 Å². The number of aryl methyl sites for hydroxylation is 1. The lowest BCUT2D eigenvalue weighted by molar-refractivity contribution is 0.626. The van der Waals surface area contributed by atoms with Crippen molar-refractivity contribution in [2.75, 3.05) is 6.54 Å². The molecule has 0 fully saturated rings. The standard InChI is InChI=1S/C13H12FN3S2/c1-9-16-13(19-17-9)18-8-11-5-10(3-2-4-15)6-12(14)7-11/h5-7H,4,8,15H2,1H3. The third-order valence-electron chi connectivity index (χ3n) is 2.16. The van der Waals surface area contributed by atoms with E-state index in [0.717, 1.165) is 15.7 Å². The molecule has 2 rings (SSSR count). The first-order valence-electron chi connectivity index (χ1n) is 5.59. The Morgan fingerprint density at radius 2 is 2.26 bits per heavy atom. The van der Waals surface area contributed by atoms with Crippen LogP contribution in [0.4, 0.5) is 4.39 Å². The lowest BCUT2D eigenvalue weighted by Crippen LogP contribution is -1.93. The summed E-state index contributed by atoms with van der Waals surface area (Å²) in [6.07, 6.45) is 0. The van der Waals surface area contributed by atoms with Gasteiger partial charge in [-0.2, -0.15) is 4.37 Å². The third kappa shape index (κ3) is 4.31. The zero-order chi connectivity index (χ0) is 13.7. The van der Waals surface area contributed by atoms with E-state index in [9.17, 15) is 4.39 Å². The molecule has 1 aromatic carbocycles. The lowest BCUT2D eigenvalue weighted by Gasteiger charge is -2.01. The topological polar surface area (TPSA) is 51.8 Å². The van der Waals surface area contributed by atoms with Crippen molar-refractivity contribution >= 4 is 23.3 Å². The van der Waals surface area contributed by atoms with E-state index >= 15 is 0 Å². The zero-order valence-corrected chi connectivity index (χ0v) is 11.9. The van der Waals surface area contributed by atoms with Gasteiger partial charge in [-0.1, -0.05) is 23.6 Å². The number of aromatic nitrogens is 2. The Morgan fingerprint density at radius 1 is 1.42 bits per heavy atom. The highest BCUT2D eigenvalue weighted by Gasteiger charge is 2.04. The zero-order valence-electron chi connectivity index (χ0n) is 10.3. The fraction of sp³-hybridized carbons (Fsp3) is 0.231. The maximum atomic E-state index is 13.5. The lowest BCUT2D eigenvalue weighted by atomic mass is 10.1. The van der Waals surface area contributed by atoms with Gasteiger partial charge in [-0.3, -0.25) is 0 Å². The van der Waals surface area contributed by atoms with Crippen molar-refractivity contribution < 1.29 is 4.39 Å². The molecular formula is C13H12FN3S2. The molecule has 19 heavy (non-hydrogen) atoms. The molecule has 0 amide bonds. The molecule has 0 aliphatic heterocycles. The second kappa shape index (κ2) is 6.66. The second-order valence-corrected chi connectivity index (χ2v) is 5.72. The molecule has 0 radical (unpaired) electrons. The van der Waals surface area contributed by atoms with Crippen LogP contribution in [0.1, 0.15) is 17.0 Å². The van der Waals surface area contributed by atoms with E-state index in [1.807, 2.05) is 13.0 Å². The molecule has 0 saturated heterocycles. The average Bonchev–Trinajstić information content (AvgIpc) is 2.79. The van der Waals surface area contributed by atoms with Gasteiger partial charge in [0.2, 0.25) is 0 Å². The van der Waals surface area contributed by atoms with Crippen LogP contribution in [0.2, 0.25) is 0 Å². The van der Waals surface area contributed by atoms with Gasteiger partial charge >= 0.3 is 0 Å². The molecule has 0 aliphatic carbocycles. The maximum absolute atomic E-state index is 13.5. The Kier molecular flexibility index (Phi) is 4.91. The molecule has 0 saturated carbocycles. The molecule has 1 aromatic heterocycles. The van der Waals surface area contributed by atoms with Gasteiger partial charge in [0.1, 0.15) is 11.6 Å². The number of hydrogen-bond donors (Lipinski definition) is 1. The van der Waals surface area contributed by atoms with Crippen molar-refractivity contribution in [1.29, 1.82) is 0 Å². The molecule has 2 N–H and O–H groups in total. The fourth-order valence-corrected chi connectivity index (χ4v) is 3.02. The van der Waals surface area contributed by atoms with Crippen molar-refractivity contribution in [2.24, 2.45) is 5.73 Å². The van der Waals surface area contributed by atoms with E-state index in [-0.39, 0.29) is 12.4 Å². The average molecular weight is 293 g/mol. The summed E-state index contributed by atoms with van der Waals surface area (Å²) in [4.78, 5) is 4.25. The Bertz CT molecular complexity index is 628. The van der Waals surface area contributed by atoms with Gasteiger partial charge in [0, 0.05) is 11.3 Å². The van der Waals surface area contributed by atoms with Crippen LogP contribution >= 0.6 is 23.3 Å². The van der Waals surface area contributed by atoms with Crippen LogP contribution in [0.15, 0.2) is 22.5 Å². The van der Waals surface area contributed by atoms with Crippen molar-refractivity contribution in [2.45, 2.75) is 17.0 Å². The molecule has 0 unspecified atom stereocenters. The van der Waals surface area contributed by atoms with E-state index in [1.165, 1.54) is 23.7 Å². The van der Waals surface area contributed by atoms with Crippen LogP contribution in [0.5, 0.6) is 0 Å². The van der Waals surface area contributed by atoms with E-state index in [1.54, 1.807) is 11.8 Å². The van der Waals surface area contributed by atoms with Gasteiger partial charge in [0.05, 0.1) is 6.54 Å². The summed E-state index contributed by atoms with van der Waals surface area (Å²) in [5.41, 5.74) is 6.83. The maximum Gasteiger partial charge on any atom is 0.170 e. The highest BCUT2D eigenvalue weighted by molar-refractivity contribution is 8.00. The summed E-state index contributed by atoms with van der Waals surface area (Å²) in [7, 11) is 0. The summed E-state index contributed by atoms with van der Waals surface area (Å²) < 4.78 is 18.4. The quantitative estimate of drug-likeness (QED) is 0.698. The van der Waals surface area contributed by atoms with Crippen molar-refractivity contribution in [3.63, 3.8) is 0 Å². The van der Waals surface area contributed by atoms with Crippen LogP contribution in [0, 0.1) is 24.6 Å². The molecule has 98 valence electrons. The SMILES string of the molecule is Cc1nsc(SCc2cc(F)cc(C#CCN)c2)n1. The molecule has 6 heteroatoms. The molecule has 0 aliphatic rings. The Balaban J connectivity index is 2.09. The molecule has 3 nitrogen and oxygen atoms in total. The smallest absolute Gasteiger partial charge is 0.170 e. The minimum Gasteiger partial charge on any atom is -0.320 e. The first-order valence-corrected chi connectivity index (χ1v) is 7.35. The summed E-state index contributed by atoms with van der Waals surface area (Å²) in [5.74, 6) is 6.68. The third-order valence-corrected chi connectivity index (χ3v) is 4.16. The van der Waals surface area contributed by atoms with Gasteiger partial charge in [-0.05, 0) is 42.2 Å². The number of hydrogen-bond acceptors (Lipinski definition) is 5. The highest BCUT2D eigenvalue weighted by Crippen LogP contribution is 2.25. The van der Waals surface area contributed by atoms with Gasteiger partial charge in [0.15, 0.2) is 4.34 Å². The molecule has 1 heterocycles. The summed E-state index contributed by atoms with van der Waals surface area (Å²) in [6.45, 7) is 2.12. The predicted octanol–water partition coefficient (Wildman–Crippen LogP) is 2.59. The van der Waals surface area contributed by atoms with E-state index in [4.69, 9.17) is 5.73 Å². The number of nitrogens with two attached hydrogens (primary N) is 1. The largest absolute Gasteiger partial charge is 0.320 e. The molecule has 0 spiro atoms. The van der Waals surface area contributed by atoms with Gasteiger partial charge in [0.25, 0.3) is 0 Å². The van der Waals surface area contributed by atoms with Crippen LogP contribution < -0.4 is 5.73 Å². The van der Waals surface area contributed by atoms with E-state index < -0.39 is 0 Å². The Morgan fingerprint density at radius 3 is 2.95 bits per heavy atom. The van der Waals surface area contributed by atoms with E-state index in [2.05, 4.69) is 21.2 Å². The number of benzene rings is 1. The van der Waals surface area contributed by atoms with Gasteiger partial charge < -0.3 is 5.73 Å². The second-order valence-electron chi connectivity index (χ2n) is 3.75. The number of thioether (sulfide) groups is 1. The number of nitrogens with zero attached hydrogens (tertiary/aromatic N) is 2. The first kappa shape index (κ1) is 14.0. The molecule has 0 atom stereocenters. The molecular weight excluding hydrogens is 281 g/mol. The predicted molar refractivity (Wildman–Crippen MR) is 76.5 cm³/mol. The van der Waals surface area contributed by atoms with Crippen LogP contribution in [0.25, 0.3) is 0 Å². The van der Waals surface area contributed by atoms with Crippen molar-refractivity contribution in [1.82, 2.24) is 9.36 Å². The van der Waals surface area contributed by atoms with E-state index in [0.29, 0.717) is 11.3 Å². The van der Waals surface area contributed by atoms with Crippen molar-refractivity contribution in [3.8, 4) is 11.8 Å². The Hall–Kier alpha value is -1.42. The summed E-state index contributed by atoms with van der Waals surface area (Å²) in [6, 6.07) is 4.78. The normalized spacial score (nSPS) is 10.1. The number of rotatable bonds is 3.